The van der Waals surface area contributed by atoms with Gasteiger partial charge in [0.1, 0.15) is 17.2 Å². The molecule has 176 valence electrons. The number of halogens is 6. The van der Waals surface area contributed by atoms with Crippen molar-refractivity contribution in [3.05, 3.63) is 59.7 Å². The number of aromatic nitrogens is 3. The van der Waals surface area contributed by atoms with Crippen LogP contribution in [0.2, 0.25) is 0 Å². The lowest BCUT2D eigenvalue weighted by Gasteiger charge is -2.37. The first-order valence-corrected chi connectivity index (χ1v) is 9.50. The van der Waals surface area contributed by atoms with Gasteiger partial charge in [0.2, 0.25) is 0 Å². The Hall–Kier alpha value is -3.48. The average Bonchev–Trinajstić information content (AvgIpc) is 2.76. The quantitative estimate of drug-likeness (QED) is 0.434. The van der Waals surface area contributed by atoms with Gasteiger partial charge in [0, 0.05) is 37.3 Å². The molecule has 0 aliphatic carbocycles. The Kier molecular flexibility index (Phi) is 7.01. The molecule has 1 fully saturated rings. The number of carboxylic acid groups (broad SMARTS) is 1. The minimum Gasteiger partial charge on any atom is -0.475 e. The third-order valence-corrected chi connectivity index (χ3v) is 4.97. The third-order valence-electron chi connectivity index (χ3n) is 4.97. The summed E-state index contributed by atoms with van der Waals surface area (Å²) in [6, 6.07) is 4.64. The number of alkyl halides is 3. The Morgan fingerprint density at radius 1 is 1.12 bits per heavy atom. The fourth-order valence-electron chi connectivity index (χ4n) is 3.39. The molecule has 0 unspecified atom stereocenters. The lowest BCUT2D eigenvalue weighted by Crippen LogP contribution is -2.48. The minimum absolute atomic E-state index is 0.113. The first kappa shape index (κ1) is 24.2. The molecule has 0 spiro atoms. The minimum atomic E-state index is -5.08. The van der Waals surface area contributed by atoms with Crippen LogP contribution in [0.3, 0.4) is 0 Å². The number of hydrogen-bond donors (Lipinski definition) is 2. The summed E-state index contributed by atoms with van der Waals surface area (Å²) >= 11 is 0. The highest BCUT2D eigenvalue weighted by molar-refractivity contribution is 5.73. The number of carbonyl (C=O) groups is 1. The van der Waals surface area contributed by atoms with E-state index in [2.05, 4.69) is 15.0 Å². The van der Waals surface area contributed by atoms with Gasteiger partial charge in [0.15, 0.2) is 17.3 Å². The predicted molar refractivity (Wildman–Crippen MR) is 105 cm³/mol. The highest BCUT2D eigenvalue weighted by Gasteiger charge is 2.38. The standard InChI is InChI=1S/C18H16F3N5.C2HF3O2/c19-12-7-14(21)13(20)6-11(12)10-3-5-26(9-15(10)22)17-8-24-16-2-1-4-23-18(16)25-17;3-2(4,5)1(6)7/h1-2,4,6-8,10,15H,3,5,9,22H2;(H,6,7)/t10-,15+;/m1./s1. The molecule has 3 aromatic rings. The molecule has 1 aromatic carbocycles. The molecule has 1 aliphatic heterocycles. The van der Waals surface area contributed by atoms with Crippen molar-refractivity contribution in [2.45, 2.75) is 24.6 Å². The van der Waals surface area contributed by atoms with Gasteiger partial charge >= 0.3 is 12.1 Å². The molecule has 3 N–H and O–H groups in total. The number of nitrogens with zero attached hydrogens (tertiary/aromatic N) is 4. The Morgan fingerprint density at radius 3 is 2.42 bits per heavy atom. The highest BCUT2D eigenvalue weighted by atomic mass is 19.4. The van der Waals surface area contributed by atoms with Crippen molar-refractivity contribution in [1.82, 2.24) is 15.0 Å². The van der Waals surface area contributed by atoms with E-state index in [1.165, 1.54) is 0 Å². The van der Waals surface area contributed by atoms with Gasteiger partial charge in [-0.25, -0.2) is 32.9 Å². The van der Waals surface area contributed by atoms with Gasteiger partial charge < -0.3 is 15.7 Å². The van der Waals surface area contributed by atoms with E-state index in [9.17, 15) is 26.3 Å². The third kappa shape index (κ3) is 5.66. The number of carboxylic acids is 1. The van der Waals surface area contributed by atoms with Crippen LogP contribution >= 0.6 is 0 Å². The summed E-state index contributed by atoms with van der Waals surface area (Å²) in [6.45, 7) is 0.944. The Balaban J connectivity index is 0.000000383. The number of piperidine rings is 1. The van der Waals surface area contributed by atoms with Crippen LogP contribution in [0.15, 0.2) is 36.7 Å². The van der Waals surface area contributed by atoms with E-state index < -0.39 is 41.6 Å². The van der Waals surface area contributed by atoms with Crippen LogP contribution in [0.25, 0.3) is 11.2 Å². The molecule has 0 amide bonds. The van der Waals surface area contributed by atoms with Crippen LogP contribution < -0.4 is 10.6 Å². The van der Waals surface area contributed by atoms with E-state index in [0.717, 1.165) is 6.07 Å². The van der Waals surface area contributed by atoms with Crippen molar-refractivity contribution in [3.8, 4) is 0 Å². The first-order valence-electron chi connectivity index (χ1n) is 9.50. The summed E-state index contributed by atoms with van der Waals surface area (Å²) < 4.78 is 72.5. The molecule has 0 bridgehead atoms. The van der Waals surface area contributed by atoms with Gasteiger partial charge in [-0.1, -0.05) is 0 Å². The van der Waals surface area contributed by atoms with Crippen molar-refractivity contribution in [1.29, 1.82) is 0 Å². The molecule has 13 heteroatoms. The number of rotatable bonds is 2. The van der Waals surface area contributed by atoms with Crippen molar-refractivity contribution < 1.29 is 36.2 Å². The topological polar surface area (TPSA) is 105 Å². The van der Waals surface area contributed by atoms with Crippen molar-refractivity contribution in [2.24, 2.45) is 5.73 Å². The summed E-state index contributed by atoms with van der Waals surface area (Å²) in [5.41, 5.74) is 7.56. The van der Waals surface area contributed by atoms with E-state index in [-0.39, 0.29) is 5.56 Å². The summed E-state index contributed by atoms with van der Waals surface area (Å²) in [6.07, 6.45) is -1.30. The Bertz CT molecular complexity index is 1160. The number of anilines is 1. The molecule has 7 nitrogen and oxygen atoms in total. The van der Waals surface area contributed by atoms with Gasteiger partial charge in [-0.3, -0.25) is 0 Å². The van der Waals surface area contributed by atoms with Crippen LogP contribution in [0.1, 0.15) is 17.9 Å². The van der Waals surface area contributed by atoms with E-state index in [1.807, 2.05) is 11.0 Å². The summed E-state index contributed by atoms with van der Waals surface area (Å²) in [5.74, 6) is -5.55. The number of aliphatic carboxylic acids is 1. The monoisotopic (exact) mass is 473 g/mol. The number of benzene rings is 1. The van der Waals surface area contributed by atoms with Crippen LogP contribution in [0.4, 0.5) is 32.2 Å². The van der Waals surface area contributed by atoms with Crippen LogP contribution in [-0.4, -0.2) is 51.3 Å². The number of nitrogens with two attached hydrogens (primary N) is 1. The predicted octanol–water partition coefficient (Wildman–Crippen LogP) is 3.40. The zero-order valence-electron chi connectivity index (χ0n) is 16.7. The molecule has 33 heavy (non-hydrogen) atoms. The second-order valence-corrected chi connectivity index (χ2v) is 7.17. The SMILES string of the molecule is N[C@H]1CN(c2cnc3cccnc3n2)CC[C@@H]1c1cc(F)c(F)cc1F.O=C(O)C(F)(F)F. The van der Waals surface area contributed by atoms with Crippen molar-refractivity contribution >= 4 is 23.0 Å². The van der Waals surface area contributed by atoms with Gasteiger partial charge in [0.05, 0.1) is 6.20 Å². The maximum Gasteiger partial charge on any atom is 0.490 e. The second kappa shape index (κ2) is 9.57. The maximum atomic E-state index is 14.1. The molecular formula is C20H17F6N5O2. The molecule has 1 aliphatic rings. The normalized spacial score (nSPS) is 18.6. The Labute approximate surface area is 182 Å². The molecule has 4 rings (SSSR count). The molecular weight excluding hydrogens is 456 g/mol. The van der Waals surface area contributed by atoms with E-state index >= 15 is 0 Å². The molecule has 1 saturated heterocycles. The molecule has 3 heterocycles. The van der Waals surface area contributed by atoms with Crippen LogP contribution in [0.5, 0.6) is 0 Å². The fourth-order valence-corrected chi connectivity index (χ4v) is 3.39. The molecule has 0 saturated carbocycles. The van der Waals surface area contributed by atoms with Gasteiger partial charge in [-0.2, -0.15) is 13.2 Å². The zero-order chi connectivity index (χ0) is 24.3. The number of pyridine rings is 1. The smallest absolute Gasteiger partial charge is 0.475 e. The van der Waals surface area contributed by atoms with Crippen LogP contribution in [-0.2, 0) is 4.79 Å². The molecule has 2 aromatic heterocycles. The van der Waals surface area contributed by atoms with E-state index in [0.29, 0.717) is 42.6 Å². The molecule has 0 radical (unpaired) electrons. The summed E-state index contributed by atoms with van der Waals surface area (Å²) in [7, 11) is 0. The first-order chi connectivity index (χ1) is 15.5. The summed E-state index contributed by atoms with van der Waals surface area (Å²) in [4.78, 5) is 23.9. The fraction of sp³-hybridized carbons (Fsp3) is 0.300. The van der Waals surface area contributed by atoms with Crippen molar-refractivity contribution in [3.63, 3.8) is 0 Å². The number of fused-ring (bicyclic) bond motifs is 1. The zero-order valence-corrected chi connectivity index (χ0v) is 16.7. The van der Waals surface area contributed by atoms with E-state index in [4.69, 9.17) is 15.6 Å². The van der Waals surface area contributed by atoms with Gasteiger partial charge in [-0.05, 0) is 30.2 Å². The summed E-state index contributed by atoms with van der Waals surface area (Å²) in [5, 5.41) is 7.12. The lowest BCUT2D eigenvalue weighted by atomic mass is 9.85. The molecule has 2 atom stereocenters. The highest BCUT2D eigenvalue weighted by Crippen LogP contribution is 2.32. The number of hydrogen-bond acceptors (Lipinski definition) is 6. The van der Waals surface area contributed by atoms with Gasteiger partial charge in [0.25, 0.3) is 0 Å². The van der Waals surface area contributed by atoms with Crippen LogP contribution in [0, 0.1) is 17.5 Å². The van der Waals surface area contributed by atoms with Gasteiger partial charge in [-0.15, -0.1) is 0 Å². The lowest BCUT2D eigenvalue weighted by molar-refractivity contribution is -0.192. The average molecular weight is 473 g/mol. The Morgan fingerprint density at radius 2 is 1.79 bits per heavy atom. The van der Waals surface area contributed by atoms with Crippen molar-refractivity contribution in [2.75, 3.05) is 18.0 Å². The maximum absolute atomic E-state index is 14.1. The second-order valence-electron chi connectivity index (χ2n) is 7.17. The van der Waals surface area contributed by atoms with E-state index in [1.54, 1.807) is 18.5 Å². The largest absolute Gasteiger partial charge is 0.490 e.